The van der Waals surface area contributed by atoms with Gasteiger partial charge in [0.15, 0.2) is 0 Å². The van der Waals surface area contributed by atoms with Gasteiger partial charge < -0.3 is 0 Å². The maximum atomic E-state index is 5.99. The van der Waals surface area contributed by atoms with Crippen molar-refractivity contribution in [2.45, 2.75) is 13.3 Å². The fraction of sp³-hybridized carbons (Fsp3) is 0.222. The molecule has 0 atom stereocenters. The van der Waals surface area contributed by atoms with E-state index in [1.54, 1.807) is 0 Å². The Hall–Kier alpha value is -0.600. The van der Waals surface area contributed by atoms with E-state index in [9.17, 15) is 0 Å². The van der Waals surface area contributed by atoms with Crippen molar-refractivity contribution < 1.29 is 0 Å². The van der Waals surface area contributed by atoms with Gasteiger partial charge in [-0.1, -0.05) is 24.6 Å². The fourth-order valence-corrected chi connectivity index (χ4v) is 2.38. The van der Waals surface area contributed by atoms with Crippen molar-refractivity contribution in [2.24, 2.45) is 0 Å². The Morgan fingerprint density at radius 3 is 3.08 bits per heavy atom. The molecule has 0 N–H and O–H groups in total. The lowest BCUT2D eigenvalue weighted by Gasteiger charge is -1.98. The Kier molecular flexibility index (Phi) is 2.03. The lowest BCUT2D eigenvalue weighted by Crippen LogP contribution is -1.79. The lowest BCUT2D eigenvalue weighted by atomic mass is 10.1. The van der Waals surface area contributed by atoms with Crippen LogP contribution in [0.2, 0.25) is 5.02 Å². The first-order valence-corrected chi connectivity index (χ1v) is 5.00. The summed E-state index contributed by atoms with van der Waals surface area (Å²) in [6.07, 6.45) is 2.87. The summed E-state index contributed by atoms with van der Waals surface area (Å²) >= 11 is 7.51. The van der Waals surface area contributed by atoms with Crippen LogP contribution in [-0.4, -0.2) is 4.37 Å². The Bertz CT molecular complexity index is 408. The third-order valence-corrected chi connectivity index (χ3v) is 3.14. The van der Waals surface area contributed by atoms with Crippen molar-refractivity contribution in [1.82, 2.24) is 4.37 Å². The van der Waals surface area contributed by atoms with Crippen LogP contribution < -0.4 is 0 Å². The molecule has 62 valence electrons. The highest BCUT2D eigenvalue weighted by Gasteiger charge is 2.04. The molecule has 0 aliphatic carbocycles. The molecule has 0 fully saturated rings. The second-order valence-corrected chi connectivity index (χ2v) is 3.84. The predicted octanol–water partition coefficient (Wildman–Crippen LogP) is 3.51. The van der Waals surface area contributed by atoms with E-state index in [4.69, 9.17) is 11.6 Å². The van der Waals surface area contributed by atoms with Gasteiger partial charge in [0.05, 0.1) is 15.9 Å². The molecule has 0 saturated heterocycles. The van der Waals surface area contributed by atoms with Gasteiger partial charge in [-0.05, 0) is 29.6 Å². The Morgan fingerprint density at radius 2 is 2.33 bits per heavy atom. The van der Waals surface area contributed by atoms with Crippen molar-refractivity contribution >= 4 is 33.2 Å². The Labute approximate surface area is 80.1 Å². The maximum absolute atomic E-state index is 5.99. The molecule has 2 aromatic rings. The summed E-state index contributed by atoms with van der Waals surface area (Å²) in [5, 5.41) is 1.89. The molecule has 0 spiro atoms. The molecule has 1 aromatic carbocycles. The van der Waals surface area contributed by atoms with Crippen LogP contribution in [0.4, 0.5) is 0 Å². The van der Waals surface area contributed by atoms with E-state index >= 15 is 0 Å². The summed E-state index contributed by atoms with van der Waals surface area (Å²) in [6.45, 7) is 2.14. The van der Waals surface area contributed by atoms with Crippen LogP contribution in [0, 0.1) is 0 Å². The van der Waals surface area contributed by atoms with E-state index in [1.807, 2.05) is 12.3 Å². The molecule has 1 nitrogen and oxygen atoms in total. The standard InChI is InChI=1S/C9H8ClNS/c1-2-6-3-4-8(10)7-5-11-12-9(6)7/h3-5H,2H2,1H3. The van der Waals surface area contributed by atoms with E-state index in [0.29, 0.717) is 0 Å². The monoisotopic (exact) mass is 197 g/mol. The van der Waals surface area contributed by atoms with Crippen LogP contribution in [-0.2, 0) is 6.42 Å². The van der Waals surface area contributed by atoms with E-state index in [-0.39, 0.29) is 0 Å². The van der Waals surface area contributed by atoms with Crippen molar-refractivity contribution in [3.63, 3.8) is 0 Å². The number of benzene rings is 1. The molecule has 12 heavy (non-hydrogen) atoms. The van der Waals surface area contributed by atoms with E-state index in [2.05, 4.69) is 17.4 Å². The van der Waals surface area contributed by atoms with Crippen molar-refractivity contribution in [3.05, 3.63) is 28.9 Å². The summed E-state index contributed by atoms with van der Waals surface area (Å²) < 4.78 is 5.35. The van der Waals surface area contributed by atoms with Gasteiger partial charge in [-0.25, -0.2) is 0 Å². The highest BCUT2D eigenvalue weighted by molar-refractivity contribution is 7.13. The Morgan fingerprint density at radius 1 is 1.50 bits per heavy atom. The Balaban J connectivity index is 2.82. The zero-order valence-electron chi connectivity index (χ0n) is 6.67. The van der Waals surface area contributed by atoms with E-state index in [0.717, 1.165) is 16.8 Å². The molecule has 0 aliphatic rings. The number of fused-ring (bicyclic) bond motifs is 1. The van der Waals surface area contributed by atoms with Gasteiger partial charge in [0.2, 0.25) is 0 Å². The zero-order valence-corrected chi connectivity index (χ0v) is 8.25. The summed E-state index contributed by atoms with van der Waals surface area (Å²) in [5.41, 5.74) is 1.33. The fourth-order valence-electron chi connectivity index (χ4n) is 1.26. The quantitative estimate of drug-likeness (QED) is 0.682. The first kappa shape index (κ1) is 8.02. The molecule has 0 amide bonds. The van der Waals surface area contributed by atoms with Crippen LogP contribution >= 0.6 is 23.1 Å². The lowest BCUT2D eigenvalue weighted by molar-refractivity contribution is 1.16. The number of nitrogens with zero attached hydrogens (tertiary/aromatic N) is 1. The van der Waals surface area contributed by atoms with Crippen molar-refractivity contribution in [3.8, 4) is 0 Å². The van der Waals surface area contributed by atoms with E-state index in [1.165, 1.54) is 21.8 Å². The third-order valence-electron chi connectivity index (χ3n) is 1.93. The molecule has 0 unspecified atom stereocenters. The maximum Gasteiger partial charge on any atom is 0.0596 e. The number of hydrogen-bond acceptors (Lipinski definition) is 2. The predicted molar refractivity (Wildman–Crippen MR) is 54.0 cm³/mol. The molecule has 0 saturated carbocycles. The molecule has 0 aliphatic heterocycles. The summed E-state index contributed by atoms with van der Waals surface area (Å²) in [4.78, 5) is 0. The number of halogens is 1. The summed E-state index contributed by atoms with van der Waals surface area (Å²) in [6, 6.07) is 4.01. The summed E-state index contributed by atoms with van der Waals surface area (Å²) in [7, 11) is 0. The summed E-state index contributed by atoms with van der Waals surface area (Å²) in [5.74, 6) is 0. The number of aryl methyl sites for hydroxylation is 1. The molecule has 0 bridgehead atoms. The first-order chi connectivity index (χ1) is 5.83. The largest absolute Gasteiger partial charge is 0.200 e. The second kappa shape index (κ2) is 3.04. The highest BCUT2D eigenvalue weighted by Crippen LogP contribution is 2.29. The molecular weight excluding hydrogens is 190 g/mol. The minimum absolute atomic E-state index is 0.802. The second-order valence-electron chi connectivity index (χ2n) is 2.63. The van der Waals surface area contributed by atoms with Crippen LogP contribution in [0.1, 0.15) is 12.5 Å². The molecule has 0 radical (unpaired) electrons. The normalized spacial score (nSPS) is 10.8. The average molecular weight is 198 g/mol. The highest BCUT2D eigenvalue weighted by atomic mass is 35.5. The minimum Gasteiger partial charge on any atom is -0.200 e. The molecular formula is C9H8ClNS. The average Bonchev–Trinajstić information content (AvgIpc) is 2.54. The van der Waals surface area contributed by atoms with Gasteiger partial charge in [-0.15, -0.1) is 0 Å². The van der Waals surface area contributed by atoms with E-state index < -0.39 is 0 Å². The molecule has 3 heteroatoms. The number of rotatable bonds is 1. The van der Waals surface area contributed by atoms with Gasteiger partial charge in [0.1, 0.15) is 0 Å². The third kappa shape index (κ3) is 1.11. The zero-order chi connectivity index (χ0) is 8.55. The molecule has 1 aromatic heterocycles. The van der Waals surface area contributed by atoms with Crippen LogP contribution in [0.25, 0.3) is 10.1 Å². The number of hydrogen-bond donors (Lipinski definition) is 0. The first-order valence-electron chi connectivity index (χ1n) is 3.84. The van der Waals surface area contributed by atoms with Crippen LogP contribution in [0.3, 0.4) is 0 Å². The van der Waals surface area contributed by atoms with Crippen molar-refractivity contribution in [1.29, 1.82) is 0 Å². The smallest absolute Gasteiger partial charge is 0.0596 e. The molecule has 1 heterocycles. The van der Waals surface area contributed by atoms with Gasteiger partial charge in [-0.2, -0.15) is 4.37 Å². The van der Waals surface area contributed by atoms with Gasteiger partial charge in [0.25, 0.3) is 0 Å². The minimum atomic E-state index is 0.802. The van der Waals surface area contributed by atoms with Gasteiger partial charge >= 0.3 is 0 Å². The van der Waals surface area contributed by atoms with Gasteiger partial charge in [0, 0.05) is 5.39 Å². The van der Waals surface area contributed by atoms with Crippen molar-refractivity contribution in [2.75, 3.05) is 0 Å². The SMILES string of the molecule is CCc1ccc(Cl)c2cnsc12. The number of aromatic nitrogens is 1. The van der Waals surface area contributed by atoms with Crippen LogP contribution in [0.5, 0.6) is 0 Å². The van der Waals surface area contributed by atoms with Gasteiger partial charge in [-0.3, -0.25) is 0 Å². The van der Waals surface area contributed by atoms with Crippen LogP contribution in [0.15, 0.2) is 18.3 Å². The topological polar surface area (TPSA) is 12.9 Å². The molecule has 2 rings (SSSR count).